The molecule has 2 aliphatic rings. The van der Waals surface area contributed by atoms with Crippen LogP contribution in [0.3, 0.4) is 0 Å². The van der Waals surface area contributed by atoms with Gasteiger partial charge < -0.3 is 19.9 Å². The van der Waals surface area contributed by atoms with Crippen molar-refractivity contribution in [1.29, 1.82) is 0 Å². The first-order chi connectivity index (χ1) is 17.6. The number of pyridine rings is 2. The van der Waals surface area contributed by atoms with Crippen LogP contribution in [0.15, 0.2) is 42.7 Å². The minimum Gasteiger partial charge on any atom is -0.462 e. The third kappa shape index (κ3) is 4.22. The van der Waals surface area contributed by atoms with Crippen molar-refractivity contribution >= 4 is 27.6 Å². The molecule has 4 aromatic rings. The van der Waals surface area contributed by atoms with Crippen LogP contribution in [0.25, 0.3) is 33.1 Å². The van der Waals surface area contributed by atoms with Gasteiger partial charge in [0.25, 0.3) is 0 Å². The summed E-state index contributed by atoms with van der Waals surface area (Å²) in [6.45, 7) is 6.13. The molecule has 1 aromatic carbocycles. The monoisotopic (exact) mass is 487 g/mol. The third-order valence-electron chi connectivity index (χ3n) is 7.39. The molecule has 9 heteroatoms. The van der Waals surface area contributed by atoms with Crippen LogP contribution in [0, 0.1) is 5.82 Å². The van der Waals surface area contributed by atoms with Gasteiger partial charge in [-0.15, -0.1) is 0 Å². The fourth-order valence-electron chi connectivity index (χ4n) is 5.30. The van der Waals surface area contributed by atoms with E-state index >= 15 is 4.39 Å². The number of anilines is 1. The molecule has 0 amide bonds. The van der Waals surface area contributed by atoms with Crippen molar-refractivity contribution in [3.63, 3.8) is 0 Å². The SMILES string of the molecule is C[C@@H]1CNCCN1c1nc(OC[C@@H]2CCCN2C)nc2nc(-c3cccc4ccncc34)c(F)cc12. The van der Waals surface area contributed by atoms with E-state index in [1.54, 1.807) is 12.4 Å². The minimum atomic E-state index is -0.410. The first-order valence-corrected chi connectivity index (χ1v) is 12.6. The van der Waals surface area contributed by atoms with Crippen LogP contribution < -0.4 is 15.0 Å². The van der Waals surface area contributed by atoms with E-state index in [-0.39, 0.29) is 17.7 Å². The normalized spacial score (nSPS) is 20.9. The first kappa shape index (κ1) is 23.0. The van der Waals surface area contributed by atoms with Gasteiger partial charge in [-0.3, -0.25) is 4.98 Å². The summed E-state index contributed by atoms with van der Waals surface area (Å²) in [5, 5.41) is 5.82. The summed E-state index contributed by atoms with van der Waals surface area (Å²) in [4.78, 5) is 22.9. The number of nitrogens with one attached hydrogen (secondary N) is 1. The molecular weight excluding hydrogens is 457 g/mol. The van der Waals surface area contributed by atoms with Crippen molar-refractivity contribution in [3.8, 4) is 17.3 Å². The Morgan fingerprint density at radius 3 is 2.89 bits per heavy atom. The molecule has 3 aromatic heterocycles. The highest BCUT2D eigenvalue weighted by Gasteiger charge is 2.26. The second-order valence-corrected chi connectivity index (χ2v) is 9.76. The minimum absolute atomic E-state index is 0.192. The molecule has 0 unspecified atom stereocenters. The van der Waals surface area contributed by atoms with Crippen LogP contribution in [0.1, 0.15) is 19.8 Å². The van der Waals surface area contributed by atoms with Crippen molar-refractivity contribution in [2.24, 2.45) is 0 Å². The van der Waals surface area contributed by atoms with E-state index in [4.69, 9.17) is 14.7 Å². The number of likely N-dealkylation sites (tertiary alicyclic amines) is 1. The van der Waals surface area contributed by atoms with Crippen LogP contribution in [-0.2, 0) is 0 Å². The van der Waals surface area contributed by atoms with E-state index in [1.807, 2.05) is 24.3 Å². The molecule has 2 fully saturated rings. The van der Waals surface area contributed by atoms with Gasteiger partial charge in [0, 0.05) is 55.1 Å². The zero-order valence-electron chi connectivity index (χ0n) is 20.6. The maximum atomic E-state index is 15.7. The molecule has 2 atom stereocenters. The maximum Gasteiger partial charge on any atom is 0.320 e. The van der Waals surface area contributed by atoms with Gasteiger partial charge in [0.2, 0.25) is 0 Å². The van der Waals surface area contributed by atoms with Crippen LogP contribution in [-0.4, -0.2) is 76.8 Å². The predicted octanol–water partition coefficient (Wildman–Crippen LogP) is 3.65. The Morgan fingerprint density at radius 1 is 1.14 bits per heavy atom. The number of benzene rings is 1. The number of halogens is 1. The largest absolute Gasteiger partial charge is 0.462 e. The quantitative estimate of drug-likeness (QED) is 0.457. The van der Waals surface area contributed by atoms with Crippen molar-refractivity contribution in [2.75, 3.05) is 44.7 Å². The number of likely N-dealkylation sites (N-methyl/N-ethyl adjacent to an activating group) is 1. The average molecular weight is 488 g/mol. The predicted molar refractivity (Wildman–Crippen MR) is 139 cm³/mol. The topological polar surface area (TPSA) is 79.3 Å². The fourth-order valence-corrected chi connectivity index (χ4v) is 5.30. The van der Waals surface area contributed by atoms with Crippen LogP contribution in [0.4, 0.5) is 10.2 Å². The van der Waals surface area contributed by atoms with Crippen LogP contribution in [0.5, 0.6) is 6.01 Å². The van der Waals surface area contributed by atoms with Gasteiger partial charge in [-0.2, -0.15) is 9.97 Å². The molecule has 6 rings (SSSR count). The molecule has 0 saturated carbocycles. The highest BCUT2D eigenvalue weighted by Crippen LogP contribution is 2.34. The van der Waals surface area contributed by atoms with E-state index in [9.17, 15) is 0 Å². The van der Waals surface area contributed by atoms with Crippen LogP contribution >= 0.6 is 0 Å². The second-order valence-electron chi connectivity index (χ2n) is 9.76. The fraction of sp³-hybridized carbons (Fsp3) is 0.407. The lowest BCUT2D eigenvalue weighted by molar-refractivity contribution is 0.188. The average Bonchev–Trinajstić information content (AvgIpc) is 3.31. The summed E-state index contributed by atoms with van der Waals surface area (Å²) in [5.41, 5.74) is 1.36. The van der Waals surface area contributed by atoms with Gasteiger partial charge in [0.1, 0.15) is 23.9 Å². The Bertz CT molecular complexity index is 1410. The molecule has 2 saturated heterocycles. The summed E-state index contributed by atoms with van der Waals surface area (Å²) < 4.78 is 21.8. The Hall–Kier alpha value is -3.43. The van der Waals surface area contributed by atoms with Gasteiger partial charge in [0.15, 0.2) is 5.65 Å². The van der Waals surface area contributed by atoms with Gasteiger partial charge in [-0.25, -0.2) is 9.37 Å². The molecule has 36 heavy (non-hydrogen) atoms. The number of piperazine rings is 1. The Labute approximate surface area is 209 Å². The second kappa shape index (κ2) is 9.55. The molecule has 0 radical (unpaired) electrons. The molecule has 8 nitrogen and oxygen atoms in total. The molecule has 0 aliphatic carbocycles. The van der Waals surface area contributed by atoms with E-state index in [0.717, 1.165) is 49.8 Å². The lowest BCUT2D eigenvalue weighted by Gasteiger charge is -2.35. The lowest BCUT2D eigenvalue weighted by atomic mass is 10.0. The van der Waals surface area contributed by atoms with Crippen molar-refractivity contribution in [3.05, 3.63) is 48.5 Å². The van der Waals surface area contributed by atoms with Gasteiger partial charge in [-0.1, -0.05) is 18.2 Å². The van der Waals surface area contributed by atoms with E-state index in [2.05, 4.69) is 39.1 Å². The van der Waals surface area contributed by atoms with Crippen LogP contribution in [0.2, 0.25) is 0 Å². The number of hydrogen-bond donors (Lipinski definition) is 1. The van der Waals surface area contributed by atoms with E-state index in [0.29, 0.717) is 35.1 Å². The van der Waals surface area contributed by atoms with Crippen molar-refractivity contribution in [2.45, 2.75) is 31.8 Å². The first-order valence-electron chi connectivity index (χ1n) is 12.6. The Balaban J connectivity index is 1.47. The van der Waals surface area contributed by atoms with Crippen molar-refractivity contribution < 1.29 is 9.13 Å². The number of ether oxygens (including phenoxy) is 1. The summed E-state index contributed by atoms with van der Waals surface area (Å²) in [5.74, 6) is 0.258. The number of fused-ring (bicyclic) bond motifs is 2. The smallest absolute Gasteiger partial charge is 0.320 e. The zero-order chi connectivity index (χ0) is 24.6. The molecule has 2 aliphatic heterocycles. The molecular formula is C27H30FN7O. The molecule has 1 N–H and O–H groups in total. The Morgan fingerprint density at radius 2 is 2.06 bits per heavy atom. The van der Waals surface area contributed by atoms with Gasteiger partial charge >= 0.3 is 6.01 Å². The van der Waals surface area contributed by atoms with Gasteiger partial charge in [0.05, 0.1) is 5.39 Å². The Kier molecular flexibility index (Phi) is 6.10. The zero-order valence-corrected chi connectivity index (χ0v) is 20.6. The van der Waals surface area contributed by atoms with Gasteiger partial charge in [-0.05, 0) is 50.9 Å². The molecule has 5 heterocycles. The molecule has 186 valence electrons. The number of nitrogens with zero attached hydrogens (tertiary/aromatic N) is 6. The maximum absolute atomic E-state index is 15.7. The highest BCUT2D eigenvalue weighted by molar-refractivity contribution is 5.97. The summed E-state index contributed by atoms with van der Waals surface area (Å²) in [7, 11) is 2.12. The highest BCUT2D eigenvalue weighted by atomic mass is 19.1. The summed E-state index contributed by atoms with van der Waals surface area (Å²) in [6, 6.07) is 10.0. The number of aromatic nitrogens is 4. The van der Waals surface area contributed by atoms with E-state index in [1.165, 1.54) is 6.07 Å². The standard InChI is InChI=1S/C27H30FN7O/c1-17-14-30-10-12-35(17)26-21-13-23(28)24(20-7-3-5-18-8-9-29-15-22(18)20)31-25(21)32-27(33-26)36-16-19-6-4-11-34(19)2/h3,5,7-9,13,15,17,19,30H,4,6,10-12,14,16H2,1-2H3/t17-,19+/m1/s1. The number of hydrogen-bond acceptors (Lipinski definition) is 8. The van der Waals surface area contributed by atoms with E-state index < -0.39 is 5.82 Å². The number of rotatable bonds is 5. The summed E-state index contributed by atoms with van der Waals surface area (Å²) in [6.07, 6.45) is 5.73. The molecule has 0 bridgehead atoms. The lowest BCUT2D eigenvalue weighted by Crippen LogP contribution is -2.50. The van der Waals surface area contributed by atoms with Crippen molar-refractivity contribution in [1.82, 2.24) is 30.2 Å². The molecule has 0 spiro atoms. The third-order valence-corrected chi connectivity index (χ3v) is 7.39. The summed E-state index contributed by atoms with van der Waals surface area (Å²) >= 11 is 0.